The number of carbonyl (C=O) groups is 3. The van der Waals surface area contributed by atoms with Crippen LogP contribution in [0.2, 0.25) is 0 Å². The van der Waals surface area contributed by atoms with Gasteiger partial charge in [0.25, 0.3) is 5.91 Å². The van der Waals surface area contributed by atoms with Gasteiger partial charge in [0.1, 0.15) is 6.04 Å². The summed E-state index contributed by atoms with van der Waals surface area (Å²) in [5.41, 5.74) is 0. The summed E-state index contributed by atoms with van der Waals surface area (Å²) in [7, 11) is 1.27. The maximum atomic E-state index is 11.7. The topological polar surface area (TPSA) is 75.7 Å². The smallest absolute Gasteiger partial charge is 0.324 e. The lowest BCUT2D eigenvalue weighted by molar-refractivity contribution is -0.141. The number of nitrogens with one attached hydrogen (secondary N) is 1. The fraction of sp³-hybridized carbons (Fsp3) is 0.700. The van der Waals surface area contributed by atoms with Crippen molar-refractivity contribution in [1.82, 2.24) is 10.2 Å². The number of methoxy groups -OCH3 is 1. The van der Waals surface area contributed by atoms with Crippen LogP contribution in [0.25, 0.3) is 0 Å². The van der Waals surface area contributed by atoms with Crippen molar-refractivity contribution in [1.29, 1.82) is 0 Å². The Labute approximate surface area is 93.9 Å². The van der Waals surface area contributed by atoms with E-state index in [4.69, 9.17) is 0 Å². The molecule has 0 aliphatic carbocycles. The molecule has 0 bridgehead atoms. The molecule has 0 radical (unpaired) electrons. The van der Waals surface area contributed by atoms with E-state index in [0.29, 0.717) is 6.42 Å². The zero-order valence-electron chi connectivity index (χ0n) is 9.49. The summed E-state index contributed by atoms with van der Waals surface area (Å²) in [6.45, 7) is 2.02. The molecular weight excluding hydrogens is 212 g/mol. The van der Waals surface area contributed by atoms with Crippen LogP contribution in [0, 0.1) is 0 Å². The first-order valence-electron chi connectivity index (χ1n) is 5.28. The molecule has 1 heterocycles. The van der Waals surface area contributed by atoms with Crippen molar-refractivity contribution in [3.8, 4) is 0 Å². The van der Waals surface area contributed by atoms with Crippen LogP contribution in [0.15, 0.2) is 0 Å². The van der Waals surface area contributed by atoms with Crippen LogP contribution in [0.1, 0.15) is 26.2 Å². The molecule has 90 valence electrons. The van der Waals surface area contributed by atoms with Crippen LogP contribution in [0.3, 0.4) is 0 Å². The zero-order valence-corrected chi connectivity index (χ0v) is 9.49. The number of ether oxygens (including phenoxy) is 1. The van der Waals surface area contributed by atoms with Crippen molar-refractivity contribution < 1.29 is 19.1 Å². The molecule has 1 rings (SSSR count). The Morgan fingerprint density at radius 3 is 2.75 bits per heavy atom. The van der Waals surface area contributed by atoms with Crippen LogP contribution < -0.4 is 5.32 Å². The van der Waals surface area contributed by atoms with Crippen LogP contribution in [-0.2, 0) is 14.3 Å². The van der Waals surface area contributed by atoms with Crippen LogP contribution in [0.5, 0.6) is 0 Å². The summed E-state index contributed by atoms with van der Waals surface area (Å²) >= 11 is 0. The number of hydrogen-bond acceptors (Lipinski definition) is 4. The summed E-state index contributed by atoms with van der Waals surface area (Å²) < 4.78 is 4.45. The van der Waals surface area contributed by atoms with Crippen LogP contribution >= 0.6 is 0 Å². The summed E-state index contributed by atoms with van der Waals surface area (Å²) in [4.78, 5) is 35.1. The van der Waals surface area contributed by atoms with E-state index < -0.39 is 18.0 Å². The minimum absolute atomic E-state index is 0.0362. The average Bonchev–Trinajstić information content (AvgIpc) is 2.52. The van der Waals surface area contributed by atoms with E-state index in [9.17, 15) is 14.4 Å². The molecule has 1 N–H and O–H groups in total. The normalized spacial score (nSPS) is 19.9. The van der Waals surface area contributed by atoms with E-state index in [1.165, 1.54) is 7.11 Å². The Kier molecular flexibility index (Phi) is 4.28. The second-order valence-corrected chi connectivity index (χ2v) is 3.61. The van der Waals surface area contributed by atoms with Crippen LogP contribution in [0.4, 0.5) is 4.79 Å². The molecule has 1 unspecified atom stereocenters. The molecule has 1 atom stereocenters. The lowest BCUT2D eigenvalue weighted by Crippen LogP contribution is -2.33. The zero-order chi connectivity index (χ0) is 12.1. The summed E-state index contributed by atoms with van der Waals surface area (Å²) in [5.74, 6) is -0.685. The highest BCUT2D eigenvalue weighted by atomic mass is 16.5. The third-order valence-corrected chi connectivity index (χ3v) is 2.45. The second-order valence-electron chi connectivity index (χ2n) is 3.61. The predicted molar refractivity (Wildman–Crippen MR) is 55.6 cm³/mol. The number of amides is 3. The fourth-order valence-electron chi connectivity index (χ4n) is 1.58. The van der Waals surface area contributed by atoms with Crippen molar-refractivity contribution in [2.75, 3.05) is 13.7 Å². The van der Waals surface area contributed by atoms with Gasteiger partial charge in [0.15, 0.2) is 0 Å². The second kappa shape index (κ2) is 5.48. The molecule has 0 spiro atoms. The van der Waals surface area contributed by atoms with Gasteiger partial charge in [0, 0.05) is 6.54 Å². The highest BCUT2D eigenvalue weighted by Crippen LogP contribution is 2.11. The summed E-state index contributed by atoms with van der Waals surface area (Å²) in [6.07, 6.45) is 1.48. The first kappa shape index (κ1) is 12.5. The molecular formula is C10H16N2O4. The average molecular weight is 228 g/mol. The van der Waals surface area contributed by atoms with E-state index in [1.54, 1.807) is 0 Å². The highest BCUT2D eigenvalue weighted by molar-refractivity contribution is 6.04. The van der Waals surface area contributed by atoms with Gasteiger partial charge in [-0.05, 0) is 6.42 Å². The van der Waals surface area contributed by atoms with Gasteiger partial charge in [0.05, 0.1) is 13.5 Å². The van der Waals surface area contributed by atoms with E-state index in [-0.39, 0.29) is 18.9 Å². The quantitative estimate of drug-likeness (QED) is 0.541. The predicted octanol–water partition coefficient (Wildman–Crippen LogP) is 0.270. The molecule has 0 aromatic heterocycles. The monoisotopic (exact) mass is 228 g/mol. The van der Waals surface area contributed by atoms with Crippen molar-refractivity contribution in [2.45, 2.75) is 32.2 Å². The molecule has 6 heteroatoms. The van der Waals surface area contributed by atoms with Gasteiger partial charge in [-0.15, -0.1) is 0 Å². The number of nitrogens with zero attached hydrogens (tertiary/aromatic N) is 1. The van der Waals surface area contributed by atoms with Gasteiger partial charge < -0.3 is 10.1 Å². The Morgan fingerprint density at radius 1 is 1.50 bits per heavy atom. The Bertz CT molecular complexity index is 303. The van der Waals surface area contributed by atoms with Gasteiger partial charge in [0.2, 0.25) is 0 Å². The molecule has 16 heavy (non-hydrogen) atoms. The molecule has 1 aliphatic heterocycles. The number of urea groups is 1. The standard InChI is InChI=1S/C10H16N2O4/c1-3-4-7-9(14)12(10(15)11-7)6-5-8(13)16-2/h7H,3-6H2,1-2H3,(H,11,15). The third-order valence-electron chi connectivity index (χ3n) is 2.45. The maximum absolute atomic E-state index is 11.7. The van der Waals surface area contributed by atoms with E-state index in [2.05, 4.69) is 10.1 Å². The van der Waals surface area contributed by atoms with Crippen molar-refractivity contribution >= 4 is 17.9 Å². The largest absolute Gasteiger partial charge is 0.469 e. The summed E-state index contributed by atoms with van der Waals surface area (Å²) in [6, 6.07) is -0.859. The molecule has 0 saturated carbocycles. The lowest BCUT2D eigenvalue weighted by atomic mass is 10.2. The number of hydrogen-bond donors (Lipinski definition) is 1. The van der Waals surface area contributed by atoms with Gasteiger partial charge >= 0.3 is 12.0 Å². The SMILES string of the molecule is CCCC1NC(=O)N(CCC(=O)OC)C1=O. The lowest BCUT2D eigenvalue weighted by Gasteiger charge is -2.11. The number of esters is 1. The van der Waals surface area contributed by atoms with Crippen LogP contribution in [-0.4, -0.2) is 42.5 Å². The third kappa shape index (κ3) is 2.71. The first-order valence-corrected chi connectivity index (χ1v) is 5.28. The Balaban J connectivity index is 2.51. The van der Waals surface area contributed by atoms with Crippen molar-refractivity contribution in [3.63, 3.8) is 0 Å². The molecule has 1 aliphatic rings. The van der Waals surface area contributed by atoms with Crippen molar-refractivity contribution in [2.24, 2.45) is 0 Å². The summed E-state index contributed by atoms with van der Waals surface area (Å²) in [5, 5.41) is 2.58. The van der Waals surface area contributed by atoms with Gasteiger partial charge in [-0.1, -0.05) is 13.3 Å². The minimum Gasteiger partial charge on any atom is -0.469 e. The molecule has 3 amide bonds. The molecule has 1 fully saturated rings. The number of imide groups is 1. The van der Waals surface area contributed by atoms with Gasteiger partial charge in [-0.25, -0.2) is 4.79 Å². The number of rotatable bonds is 5. The Morgan fingerprint density at radius 2 is 2.19 bits per heavy atom. The minimum atomic E-state index is -0.435. The molecule has 0 aromatic rings. The highest BCUT2D eigenvalue weighted by Gasteiger charge is 2.37. The molecule has 0 aromatic carbocycles. The van der Waals surface area contributed by atoms with Crippen molar-refractivity contribution in [3.05, 3.63) is 0 Å². The molecule has 1 saturated heterocycles. The fourth-order valence-corrected chi connectivity index (χ4v) is 1.58. The van der Waals surface area contributed by atoms with E-state index in [1.807, 2.05) is 6.92 Å². The molecule has 6 nitrogen and oxygen atoms in total. The Hall–Kier alpha value is -1.59. The van der Waals surface area contributed by atoms with Gasteiger partial charge in [-0.2, -0.15) is 0 Å². The van der Waals surface area contributed by atoms with Gasteiger partial charge in [-0.3, -0.25) is 14.5 Å². The maximum Gasteiger partial charge on any atom is 0.324 e. The van der Waals surface area contributed by atoms with E-state index in [0.717, 1.165) is 11.3 Å². The number of carbonyl (C=O) groups excluding carboxylic acids is 3. The first-order chi connectivity index (χ1) is 7.60. The van der Waals surface area contributed by atoms with E-state index >= 15 is 0 Å².